The first-order valence-corrected chi connectivity index (χ1v) is 9.20. The number of phenolic OH excluding ortho intramolecular Hbond substituents is 1. The molecule has 0 saturated carbocycles. The van der Waals surface area contributed by atoms with Gasteiger partial charge in [0.25, 0.3) is 5.91 Å². The Kier molecular flexibility index (Phi) is 5.36. The molecule has 0 radical (unpaired) electrons. The van der Waals surface area contributed by atoms with E-state index >= 15 is 0 Å². The molecule has 5 nitrogen and oxygen atoms in total. The molecule has 2 aliphatic rings. The molecule has 0 aromatic heterocycles. The van der Waals surface area contributed by atoms with E-state index in [2.05, 4.69) is 9.89 Å². The lowest BCUT2D eigenvalue weighted by molar-refractivity contribution is -0.113. The average Bonchev–Trinajstić information content (AvgIpc) is 2.94. The van der Waals surface area contributed by atoms with Gasteiger partial charge in [0.2, 0.25) is 0 Å². The van der Waals surface area contributed by atoms with Crippen LogP contribution in [0.15, 0.2) is 22.0 Å². The van der Waals surface area contributed by atoms with E-state index in [1.807, 2.05) is 6.92 Å². The van der Waals surface area contributed by atoms with Gasteiger partial charge >= 0.3 is 0 Å². The number of nitrogens with zero attached hydrogens (tertiary/aromatic N) is 2. The van der Waals surface area contributed by atoms with E-state index in [4.69, 9.17) is 16.3 Å². The van der Waals surface area contributed by atoms with Crippen LogP contribution in [0, 0.1) is 0 Å². The Morgan fingerprint density at radius 3 is 2.83 bits per heavy atom. The smallest absolute Gasteiger partial charge is 0.286 e. The summed E-state index contributed by atoms with van der Waals surface area (Å²) in [6.45, 7) is 4.14. The number of rotatable bonds is 3. The molecule has 1 saturated heterocycles. The Bertz CT molecular complexity index is 712. The van der Waals surface area contributed by atoms with Gasteiger partial charge in [-0.3, -0.25) is 4.79 Å². The first-order valence-electron chi connectivity index (χ1n) is 8.01. The van der Waals surface area contributed by atoms with E-state index in [9.17, 15) is 9.90 Å². The van der Waals surface area contributed by atoms with Crippen molar-refractivity contribution in [2.45, 2.75) is 26.2 Å². The van der Waals surface area contributed by atoms with Crippen LogP contribution in [-0.2, 0) is 4.79 Å². The Morgan fingerprint density at radius 2 is 2.12 bits per heavy atom. The summed E-state index contributed by atoms with van der Waals surface area (Å²) in [5.74, 6) is -0.0106. The number of amidine groups is 1. The number of likely N-dealkylation sites (tertiary alicyclic amines) is 1. The van der Waals surface area contributed by atoms with Crippen molar-refractivity contribution in [1.29, 1.82) is 0 Å². The summed E-state index contributed by atoms with van der Waals surface area (Å²) in [6, 6.07) is 3.28. The number of benzene rings is 1. The summed E-state index contributed by atoms with van der Waals surface area (Å²) < 4.78 is 5.37. The Morgan fingerprint density at radius 1 is 1.38 bits per heavy atom. The quantitative estimate of drug-likeness (QED) is 0.822. The van der Waals surface area contributed by atoms with Gasteiger partial charge in [-0.1, -0.05) is 11.6 Å². The van der Waals surface area contributed by atoms with Gasteiger partial charge < -0.3 is 14.7 Å². The fourth-order valence-electron chi connectivity index (χ4n) is 2.71. The van der Waals surface area contributed by atoms with Gasteiger partial charge in [-0.25, -0.2) is 0 Å². The molecule has 1 N–H and O–H groups in total. The van der Waals surface area contributed by atoms with Crippen LogP contribution in [0.2, 0.25) is 5.02 Å². The molecular weight excluding hydrogens is 348 g/mol. The summed E-state index contributed by atoms with van der Waals surface area (Å²) in [5, 5.41) is 10.9. The molecule has 0 atom stereocenters. The number of amides is 1. The molecule has 0 bridgehead atoms. The molecule has 2 heterocycles. The van der Waals surface area contributed by atoms with Crippen LogP contribution >= 0.6 is 23.4 Å². The minimum Gasteiger partial charge on any atom is -0.503 e. The number of halogens is 1. The van der Waals surface area contributed by atoms with Gasteiger partial charge in [-0.15, -0.1) is 0 Å². The van der Waals surface area contributed by atoms with Gasteiger partial charge in [0.05, 0.1) is 16.5 Å². The van der Waals surface area contributed by atoms with Gasteiger partial charge in [0.15, 0.2) is 16.7 Å². The van der Waals surface area contributed by atoms with Crippen molar-refractivity contribution in [3.63, 3.8) is 0 Å². The highest BCUT2D eigenvalue weighted by atomic mass is 35.5. The highest BCUT2D eigenvalue weighted by molar-refractivity contribution is 8.18. The van der Waals surface area contributed by atoms with E-state index in [-0.39, 0.29) is 16.7 Å². The highest BCUT2D eigenvalue weighted by Gasteiger charge is 2.27. The number of aromatic hydroxyl groups is 1. The predicted molar refractivity (Wildman–Crippen MR) is 97.7 cm³/mol. The molecule has 0 unspecified atom stereocenters. The van der Waals surface area contributed by atoms with Gasteiger partial charge in [0, 0.05) is 13.1 Å². The zero-order chi connectivity index (χ0) is 17.1. The van der Waals surface area contributed by atoms with E-state index in [0.29, 0.717) is 22.8 Å². The maximum Gasteiger partial charge on any atom is 0.286 e. The van der Waals surface area contributed by atoms with Crippen molar-refractivity contribution in [2.75, 3.05) is 19.7 Å². The zero-order valence-corrected chi connectivity index (χ0v) is 15.0. The topological polar surface area (TPSA) is 62.1 Å². The van der Waals surface area contributed by atoms with Crippen molar-refractivity contribution in [2.24, 2.45) is 4.99 Å². The number of ether oxygens (including phenoxy) is 1. The molecule has 3 rings (SSSR count). The predicted octanol–water partition coefficient (Wildman–Crippen LogP) is 3.90. The van der Waals surface area contributed by atoms with Crippen molar-refractivity contribution in [3.8, 4) is 11.5 Å². The van der Waals surface area contributed by atoms with E-state index in [1.54, 1.807) is 18.2 Å². The summed E-state index contributed by atoms with van der Waals surface area (Å²) in [5.41, 5.74) is 0.701. The van der Waals surface area contributed by atoms with Crippen molar-refractivity contribution in [1.82, 2.24) is 4.90 Å². The summed E-state index contributed by atoms with van der Waals surface area (Å²) in [7, 11) is 0. The second-order valence-electron chi connectivity index (χ2n) is 5.64. The van der Waals surface area contributed by atoms with Crippen LogP contribution < -0.4 is 4.74 Å². The van der Waals surface area contributed by atoms with Gasteiger partial charge in [-0.05, 0) is 61.7 Å². The molecule has 128 valence electrons. The third-order valence-corrected chi connectivity index (χ3v) is 5.22. The molecule has 1 aromatic rings. The number of aliphatic imine (C=N–C) groups is 1. The summed E-state index contributed by atoms with van der Waals surface area (Å²) in [6.07, 6.45) is 5.24. The van der Waals surface area contributed by atoms with Crippen LogP contribution in [0.5, 0.6) is 11.5 Å². The van der Waals surface area contributed by atoms with Crippen molar-refractivity contribution >= 4 is 40.5 Å². The highest BCUT2D eigenvalue weighted by Crippen LogP contribution is 2.37. The second kappa shape index (κ2) is 7.49. The number of thioether (sulfide) groups is 1. The van der Waals surface area contributed by atoms with Crippen LogP contribution in [0.4, 0.5) is 0 Å². The molecule has 1 amide bonds. The monoisotopic (exact) mass is 366 g/mol. The lowest BCUT2D eigenvalue weighted by Crippen LogP contribution is -2.33. The fraction of sp³-hybridized carbons (Fsp3) is 0.412. The zero-order valence-electron chi connectivity index (χ0n) is 13.4. The van der Waals surface area contributed by atoms with Crippen LogP contribution in [0.1, 0.15) is 31.7 Å². The van der Waals surface area contributed by atoms with Crippen molar-refractivity contribution < 1.29 is 14.6 Å². The average molecular weight is 367 g/mol. The molecule has 0 spiro atoms. The SMILES string of the molecule is CCOc1cc(/C=C2\SC(N3CCCCC3)=NC2=O)cc(Cl)c1O. The maximum atomic E-state index is 12.2. The number of hydrogen-bond acceptors (Lipinski definition) is 5. The molecule has 1 aromatic carbocycles. The second-order valence-corrected chi connectivity index (χ2v) is 7.06. The summed E-state index contributed by atoms with van der Waals surface area (Å²) in [4.78, 5) is 19.1. The van der Waals surface area contributed by atoms with Gasteiger partial charge in [0.1, 0.15) is 0 Å². The fourth-order valence-corrected chi connectivity index (χ4v) is 3.90. The van der Waals surface area contributed by atoms with E-state index < -0.39 is 0 Å². The Hall–Kier alpha value is -1.66. The lowest BCUT2D eigenvalue weighted by Gasteiger charge is -2.27. The molecule has 1 fully saturated rings. The molecular formula is C17H19ClN2O3S. The number of hydrogen-bond donors (Lipinski definition) is 1. The van der Waals surface area contributed by atoms with E-state index in [0.717, 1.165) is 31.1 Å². The molecule has 2 aliphatic heterocycles. The number of carbonyl (C=O) groups is 1. The third-order valence-electron chi connectivity index (χ3n) is 3.88. The maximum absolute atomic E-state index is 12.2. The molecule has 7 heteroatoms. The standard InChI is InChI=1S/C17H19ClN2O3S/c1-2-23-13-9-11(8-12(18)15(13)21)10-14-16(22)19-17(24-14)20-6-4-3-5-7-20/h8-10,21H,2-7H2,1H3/b14-10-. The van der Waals surface area contributed by atoms with Gasteiger partial charge in [-0.2, -0.15) is 4.99 Å². The Balaban J connectivity index is 1.81. The van der Waals surface area contributed by atoms with Crippen LogP contribution in [0.25, 0.3) is 6.08 Å². The summed E-state index contributed by atoms with van der Waals surface area (Å²) >= 11 is 7.43. The number of piperidine rings is 1. The number of carbonyl (C=O) groups excluding carboxylic acids is 1. The normalized spacial score (nSPS) is 19.8. The minimum atomic E-state index is -0.234. The lowest BCUT2D eigenvalue weighted by atomic mass is 10.1. The van der Waals surface area contributed by atoms with Crippen LogP contribution in [-0.4, -0.2) is 40.8 Å². The third kappa shape index (κ3) is 3.70. The first kappa shape index (κ1) is 17.2. The first-order chi connectivity index (χ1) is 11.6. The molecule has 0 aliphatic carbocycles. The Labute approximate surface area is 150 Å². The van der Waals surface area contributed by atoms with E-state index in [1.165, 1.54) is 18.2 Å². The minimum absolute atomic E-state index is 0.0867. The van der Waals surface area contributed by atoms with Crippen LogP contribution in [0.3, 0.4) is 0 Å². The number of phenols is 1. The largest absolute Gasteiger partial charge is 0.503 e. The molecule has 24 heavy (non-hydrogen) atoms. The van der Waals surface area contributed by atoms with Crippen molar-refractivity contribution in [3.05, 3.63) is 27.6 Å².